The predicted molar refractivity (Wildman–Crippen MR) is 60.6 cm³/mol. The lowest BCUT2D eigenvalue weighted by molar-refractivity contribution is -0.122. The highest BCUT2D eigenvalue weighted by Crippen LogP contribution is 2.39. The van der Waals surface area contributed by atoms with Crippen LogP contribution in [0.3, 0.4) is 0 Å². The summed E-state index contributed by atoms with van der Waals surface area (Å²) in [6, 6.07) is 0.703. The van der Waals surface area contributed by atoms with Crippen LogP contribution >= 0.6 is 0 Å². The first-order chi connectivity index (χ1) is 7.08. The minimum absolute atomic E-state index is 0.0106. The fraction of sp³-hybridized carbons (Fsp3) is 0.917. The second kappa shape index (κ2) is 4.12. The van der Waals surface area contributed by atoms with Crippen molar-refractivity contribution in [3.8, 4) is 0 Å². The van der Waals surface area contributed by atoms with E-state index in [1.165, 1.54) is 25.7 Å². The molecule has 0 atom stereocenters. The summed E-state index contributed by atoms with van der Waals surface area (Å²) in [5.41, 5.74) is 0.0106. The Balaban J connectivity index is 1.61. The summed E-state index contributed by atoms with van der Waals surface area (Å²) in [4.78, 5) is 11.6. The molecule has 0 aliphatic heterocycles. The zero-order chi connectivity index (χ0) is 10.9. The third-order valence-electron chi connectivity index (χ3n) is 3.42. The molecule has 0 unspecified atom stereocenters. The molecule has 2 aliphatic carbocycles. The van der Waals surface area contributed by atoms with Gasteiger partial charge in [0.2, 0.25) is 5.91 Å². The normalized spacial score (nSPS) is 21.5. The van der Waals surface area contributed by atoms with Crippen LogP contribution in [0.4, 0.5) is 0 Å². The summed E-state index contributed by atoms with van der Waals surface area (Å²) in [7, 11) is 0. The maximum absolute atomic E-state index is 11.6. The van der Waals surface area contributed by atoms with Crippen molar-refractivity contribution in [1.29, 1.82) is 0 Å². The second-order valence-corrected chi connectivity index (χ2v) is 5.52. The van der Waals surface area contributed by atoms with Crippen LogP contribution in [-0.2, 0) is 4.79 Å². The Labute approximate surface area is 92.0 Å². The van der Waals surface area contributed by atoms with Gasteiger partial charge in [-0.3, -0.25) is 4.79 Å². The lowest BCUT2D eigenvalue weighted by atomic mass is 9.98. The van der Waals surface area contributed by atoms with Crippen LogP contribution in [0.25, 0.3) is 0 Å². The van der Waals surface area contributed by atoms with E-state index in [1.54, 1.807) is 0 Å². The number of amides is 1. The van der Waals surface area contributed by atoms with E-state index < -0.39 is 0 Å². The third kappa shape index (κ3) is 3.49. The number of hydrogen-bond donors (Lipinski definition) is 2. The van der Waals surface area contributed by atoms with Gasteiger partial charge in [0.1, 0.15) is 0 Å². The standard InChI is InChI=1S/C12H22N2O/c1-12(2,9-3-4-9)14-11(15)7-8-13-10-5-6-10/h9-10,13H,3-8H2,1-2H3,(H,14,15). The number of nitrogens with one attached hydrogen (secondary N) is 2. The maximum Gasteiger partial charge on any atom is 0.221 e. The molecule has 0 spiro atoms. The molecule has 2 saturated carbocycles. The molecule has 1 amide bonds. The van der Waals surface area contributed by atoms with Gasteiger partial charge in [-0.05, 0) is 45.4 Å². The van der Waals surface area contributed by atoms with Crippen molar-refractivity contribution in [2.24, 2.45) is 5.92 Å². The highest BCUT2D eigenvalue weighted by molar-refractivity contribution is 5.77. The van der Waals surface area contributed by atoms with Gasteiger partial charge in [-0.25, -0.2) is 0 Å². The zero-order valence-corrected chi connectivity index (χ0v) is 9.81. The Morgan fingerprint density at radius 2 is 1.93 bits per heavy atom. The summed E-state index contributed by atoms with van der Waals surface area (Å²) in [6.07, 6.45) is 5.73. The van der Waals surface area contributed by atoms with Gasteiger partial charge in [-0.2, -0.15) is 0 Å². The van der Waals surface area contributed by atoms with E-state index in [9.17, 15) is 4.79 Å². The molecule has 0 heterocycles. The molecule has 0 aromatic heterocycles. The third-order valence-corrected chi connectivity index (χ3v) is 3.42. The number of carbonyl (C=O) groups excluding carboxylic acids is 1. The van der Waals surface area contributed by atoms with Crippen LogP contribution in [-0.4, -0.2) is 24.0 Å². The average Bonchev–Trinajstić information content (AvgIpc) is 2.99. The number of carbonyl (C=O) groups is 1. The Bertz CT molecular complexity index is 242. The summed E-state index contributed by atoms with van der Waals surface area (Å²) in [5, 5.41) is 6.49. The first kappa shape index (κ1) is 10.9. The van der Waals surface area contributed by atoms with Gasteiger partial charge in [0, 0.05) is 24.5 Å². The molecule has 3 heteroatoms. The predicted octanol–water partition coefficient (Wildman–Crippen LogP) is 1.43. The molecule has 0 radical (unpaired) electrons. The van der Waals surface area contributed by atoms with Crippen LogP contribution in [0.5, 0.6) is 0 Å². The Kier molecular flexibility index (Phi) is 3.01. The molecule has 2 rings (SSSR count). The van der Waals surface area contributed by atoms with Crippen molar-refractivity contribution in [3.05, 3.63) is 0 Å². The molecule has 0 bridgehead atoms. The molecule has 0 aromatic carbocycles. The molecular weight excluding hydrogens is 188 g/mol. The van der Waals surface area contributed by atoms with Crippen LogP contribution in [0.1, 0.15) is 46.0 Å². The number of rotatable bonds is 6. The van der Waals surface area contributed by atoms with E-state index in [4.69, 9.17) is 0 Å². The minimum Gasteiger partial charge on any atom is -0.351 e. The summed E-state index contributed by atoms with van der Waals surface area (Å²) in [6.45, 7) is 5.10. The Morgan fingerprint density at radius 3 is 2.47 bits per heavy atom. The van der Waals surface area contributed by atoms with E-state index in [0.29, 0.717) is 18.4 Å². The van der Waals surface area contributed by atoms with Gasteiger partial charge < -0.3 is 10.6 Å². The van der Waals surface area contributed by atoms with Crippen LogP contribution in [0.2, 0.25) is 0 Å². The van der Waals surface area contributed by atoms with Gasteiger partial charge in [0.25, 0.3) is 0 Å². The largest absolute Gasteiger partial charge is 0.351 e. The summed E-state index contributed by atoms with van der Waals surface area (Å²) >= 11 is 0. The molecule has 2 N–H and O–H groups in total. The van der Waals surface area contributed by atoms with Gasteiger partial charge in [-0.15, -0.1) is 0 Å². The lowest BCUT2D eigenvalue weighted by Crippen LogP contribution is -2.45. The molecule has 2 aliphatic rings. The second-order valence-electron chi connectivity index (χ2n) is 5.52. The van der Waals surface area contributed by atoms with E-state index in [1.807, 2.05) is 0 Å². The fourth-order valence-corrected chi connectivity index (χ4v) is 2.01. The smallest absolute Gasteiger partial charge is 0.221 e. The molecule has 15 heavy (non-hydrogen) atoms. The van der Waals surface area contributed by atoms with E-state index >= 15 is 0 Å². The summed E-state index contributed by atoms with van der Waals surface area (Å²) in [5.74, 6) is 0.901. The van der Waals surface area contributed by atoms with Crippen molar-refractivity contribution >= 4 is 5.91 Å². The molecule has 2 fully saturated rings. The van der Waals surface area contributed by atoms with Crippen molar-refractivity contribution in [3.63, 3.8) is 0 Å². The highest BCUT2D eigenvalue weighted by Gasteiger charge is 2.38. The SMILES string of the molecule is CC(C)(NC(=O)CCNC1CC1)C1CC1. The van der Waals surface area contributed by atoms with Crippen molar-refractivity contribution in [2.75, 3.05) is 6.54 Å². The minimum atomic E-state index is 0.0106. The average molecular weight is 210 g/mol. The Morgan fingerprint density at radius 1 is 1.27 bits per heavy atom. The molecular formula is C12H22N2O. The van der Waals surface area contributed by atoms with Crippen LogP contribution in [0.15, 0.2) is 0 Å². The molecule has 86 valence electrons. The number of hydrogen-bond acceptors (Lipinski definition) is 2. The zero-order valence-electron chi connectivity index (χ0n) is 9.81. The van der Waals surface area contributed by atoms with Crippen molar-refractivity contribution in [2.45, 2.75) is 57.5 Å². The fourth-order valence-electron chi connectivity index (χ4n) is 2.01. The Hall–Kier alpha value is -0.570. The van der Waals surface area contributed by atoms with Crippen LogP contribution in [0, 0.1) is 5.92 Å². The van der Waals surface area contributed by atoms with Gasteiger partial charge >= 0.3 is 0 Å². The molecule has 0 saturated heterocycles. The first-order valence-corrected chi connectivity index (χ1v) is 6.12. The van der Waals surface area contributed by atoms with E-state index in [-0.39, 0.29) is 11.4 Å². The lowest BCUT2D eigenvalue weighted by Gasteiger charge is -2.26. The monoisotopic (exact) mass is 210 g/mol. The maximum atomic E-state index is 11.6. The van der Waals surface area contributed by atoms with E-state index in [0.717, 1.165) is 6.54 Å². The molecule has 0 aromatic rings. The summed E-state index contributed by atoms with van der Waals surface area (Å²) < 4.78 is 0. The highest BCUT2D eigenvalue weighted by atomic mass is 16.1. The van der Waals surface area contributed by atoms with Crippen LogP contribution < -0.4 is 10.6 Å². The molecule has 3 nitrogen and oxygen atoms in total. The van der Waals surface area contributed by atoms with E-state index in [2.05, 4.69) is 24.5 Å². The first-order valence-electron chi connectivity index (χ1n) is 6.12. The van der Waals surface area contributed by atoms with Gasteiger partial charge in [0.15, 0.2) is 0 Å². The quantitative estimate of drug-likeness (QED) is 0.696. The topological polar surface area (TPSA) is 41.1 Å². The van der Waals surface area contributed by atoms with Gasteiger partial charge in [-0.1, -0.05) is 0 Å². The van der Waals surface area contributed by atoms with Gasteiger partial charge in [0.05, 0.1) is 0 Å². The van der Waals surface area contributed by atoms with Crippen molar-refractivity contribution in [1.82, 2.24) is 10.6 Å². The van der Waals surface area contributed by atoms with Crippen molar-refractivity contribution < 1.29 is 4.79 Å².